The Bertz CT molecular complexity index is 887. The van der Waals surface area contributed by atoms with Crippen molar-refractivity contribution in [2.24, 2.45) is 5.92 Å². The number of hydrogen-bond donors (Lipinski definition) is 3. The molecule has 2 heterocycles. The maximum atomic E-state index is 13.3. The van der Waals surface area contributed by atoms with E-state index >= 15 is 0 Å². The number of likely N-dealkylation sites (tertiary alicyclic amines) is 1. The molecular weight excluding hydrogens is 454 g/mol. The second kappa shape index (κ2) is 11.9. The summed E-state index contributed by atoms with van der Waals surface area (Å²) >= 11 is 0. The lowest BCUT2D eigenvalue weighted by molar-refractivity contribution is 0.0201. The first-order valence-electron chi connectivity index (χ1n) is 12.3. The summed E-state index contributed by atoms with van der Waals surface area (Å²) in [5, 5.41) is 22.5. The molecule has 3 rings (SSSR count). The molecule has 35 heavy (non-hydrogen) atoms. The predicted molar refractivity (Wildman–Crippen MR) is 131 cm³/mol. The first kappa shape index (κ1) is 27.0. The van der Waals surface area contributed by atoms with E-state index in [0.717, 1.165) is 19.5 Å². The van der Waals surface area contributed by atoms with Crippen molar-refractivity contribution < 1.29 is 34.0 Å². The Hall–Kier alpha value is -2.56. The Morgan fingerprint density at radius 1 is 1.26 bits per heavy atom. The monoisotopic (exact) mass is 493 g/mol. The molecule has 0 saturated carbocycles. The van der Waals surface area contributed by atoms with Gasteiger partial charge in [0.2, 0.25) is 0 Å². The molecule has 2 aliphatic heterocycles. The van der Waals surface area contributed by atoms with Gasteiger partial charge in [-0.1, -0.05) is 0 Å². The van der Waals surface area contributed by atoms with Crippen molar-refractivity contribution in [3.63, 3.8) is 0 Å². The molecule has 1 saturated heterocycles. The Balaban J connectivity index is 1.74. The van der Waals surface area contributed by atoms with Gasteiger partial charge in [-0.2, -0.15) is 0 Å². The summed E-state index contributed by atoms with van der Waals surface area (Å²) in [6.45, 7) is 8.73. The van der Waals surface area contributed by atoms with Crippen molar-refractivity contribution >= 4 is 17.7 Å². The zero-order chi connectivity index (χ0) is 25.6. The van der Waals surface area contributed by atoms with Crippen molar-refractivity contribution in [3.05, 3.63) is 17.7 Å². The average Bonchev–Trinajstić information content (AvgIpc) is 3.05. The Kier molecular flexibility index (Phi) is 9.21. The molecule has 2 aliphatic rings. The number of hydrogen-bond acceptors (Lipinski definition) is 8. The number of carbonyl (C=O) groups excluding carboxylic acids is 2. The van der Waals surface area contributed by atoms with Crippen LogP contribution < -0.4 is 19.7 Å². The zero-order valence-electron chi connectivity index (χ0n) is 21.2. The van der Waals surface area contributed by atoms with E-state index in [0.29, 0.717) is 56.3 Å². The number of benzene rings is 1. The summed E-state index contributed by atoms with van der Waals surface area (Å²) in [6, 6.07) is 3.27. The van der Waals surface area contributed by atoms with Crippen molar-refractivity contribution in [1.82, 2.24) is 10.2 Å². The average molecular weight is 494 g/mol. The van der Waals surface area contributed by atoms with Crippen LogP contribution in [0.1, 0.15) is 50.4 Å². The molecule has 10 nitrogen and oxygen atoms in total. The van der Waals surface area contributed by atoms with E-state index in [1.165, 1.54) is 4.90 Å². The highest BCUT2D eigenvalue weighted by atomic mass is 16.6. The van der Waals surface area contributed by atoms with Crippen molar-refractivity contribution in [2.45, 2.75) is 51.7 Å². The highest BCUT2D eigenvalue weighted by molar-refractivity contribution is 6.00. The SMILES string of the molecule is CN(C(=O)OC(C)(C)C)c1cc2c(c(C(=O)NC[C@@H]3CCN(CCCO)CC3O)c1)OCCCO2. The molecule has 2 atom stereocenters. The normalized spacial score (nSPS) is 20.6. The molecular formula is C25H39N3O7. The summed E-state index contributed by atoms with van der Waals surface area (Å²) in [7, 11) is 1.58. The van der Waals surface area contributed by atoms with E-state index in [4.69, 9.17) is 19.3 Å². The molecule has 1 fully saturated rings. The number of nitrogens with one attached hydrogen (secondary N) is 1. The standard InChI is InChI=1S/C25H39N3O7/c1-25(2,3)35-24(32)27(4)18-13-19(22-21(14-18)33-11-6-12-34-22)23(31)26-15-17-7-9-28(8-5-10-29)16-20(17)30/h13-14,17,20,29-30H,5-12,15-16H2,1-4H3,(H,26,31)/t17-,20?/m0/s1. The fourth-order valence-electron chi connectivity index (χ4n) is 4.16. The topological polar surface area (TPSA) is 121 Å². The molecule has 1 aromatic rings. The van der Waals surface area contributed by atoms with Gasteiger partial charge in [-0.05, 0) is 46.2 Å². The second-order valence-corrected chi connectivity index (χ2v) is 10.1. The number of anilines is 1. The Morgan fingerprint density at radius 2 is 2.00 bits per heavy atom. The van der Waals surface area contributed by atoms with Crippen LogP contribution in [0.4, 0.5) is 10.5 Å². The van der Waals surface area contributed by atoms with E-state index < -0.39 is 17.8 Å². The van der Waals surface area contributed by atoms with Crippen LogP contribution in [0.3, 0.4) is 0 Å². The van der Waals surface area contributed by atoms with Crippen LogP contribution in [0, 0.1) is 5.92 Å². The molecule has 0 spiro atoms. The smallest absolute Gasteiger partial charge is 0.414 e. The number of aliphatic hydroxyl groups is 2. The van der Waals surface area contributed by atoms with Gasteiger partial charge in [0.1, 0.15) is 5.60 Å². The minimum absolute atomic E-state index is 0.0762. The summed E-state index contributed by atoms with van der Waals surface area (Å²) in [6.07, 6.45) is 0.980. The van der Waals surface area contributed by atoms with E-state index in [9.17, 15) is 14.7 Å². The largest absolute Gasteiger partial charge is 0.489 e. The molecule has 1 aromatic carbocycles. The van der Waals surface area contributed by atoms with Crippen LogP contribution in [0.5, 0.6) is 11.5 Å². The maximum absolute atomic E-state index is 13.3. The number of piperidine rings is 1. The third-order valence-corrected chi connectivity index (χ3v) is 6.09. The van der Waals surface area contributed by atoms with E-state index in [1.54, 1.807) is 40.0 Å². The number of fused-ring (bicyclic) bond motifs is 1. The van der Waals surface area contributed by atoms with Crippen LogP contribution in [-0.2, 0) is 4.74 Å². The number of nitrogens with zero attached hydrogens (tertiary/aromatic N) is 2. The molecule has 0 bridgehead atoms. The molecule has 0 aliphatic carbocycles. The van der Waals surface area contributed by atoms with Crippen LogP contribution in [0.15, 0.2) is 12.1 Å². The summed E-state index contributed by atoms with van der Waals surface area (Å²) in [4.78, 5) is 29.3. The minimum atomic E-state index is -0.661. The fourth-order valence-corrected chi connectivity index (χ4v) is 4.16. The van der Waals surface area contributed by atoms with Crippen LogP contribution in [0.25, 0.3) is 0 Å². The van der Waals surface area contributed by atoms with Gasteiger partial charge in [-0.15, -0.1) is 0 Å². The third-order valence-electron chi connectivity index (χ3n) is 6.09. The van der Waals surface area contributed by atoms with Gasteiger partial charge in [0.15, 0.2) is 11.5 Å². The van der Waals surface area contributed by atoms with Gasteiger partial charge >= 0.3 is 6.09 Å². The van der Waals surface area contributed by atoms with Crippen molar-refractivity contribution in [2.75, 3.05) is 57.9 Å². The van der Waals surface area contributed by atoms with Gasteiger partial charge in [0.05, 0.1) is 30.6 Å². The van der Waals surface area contributed by atoms with Crippen molar-refractivity contribution in [3.8, 4) is 11.5 Å². The zero-order valence-corrected chi connectivity index (χ0v) is 21.2. The molecule has 2 amide bonds. The van der Waals surface area contributed by atoms with E-state index in [1.807, 2.05) is 0 Å². The minimum Gasteiger partial charge on any atom is -0.489 e. The Morgan fingerprint density at radius 3 is 2.69 bits per heavy atom. The van der Waals surface area contributed by atoms with E-state index in [-0.39, 0.29) is 24.0 Å². The van der Waals surface area contributed by atoms with Crippen LogP contribution in [0.2, 0.25) is 0 Å². The molecule has 10 heteroatoms. The van der Waals surface area contributed by atoms with E-state index in [2.05, 4.69) is 10.2 Å². The molecule has 3 N–H and O–H groups in total. The highest BCUT2D eigenvalue weighted by Gasteiger charge is 2.30. The molecule has 196 valence electrons. The number of rotatable bonds is 7. The summed E-state index contributed by atoms with van der Waals surface area (Å²) in [5.41, 5.74) is 0.0568. The fraction of sp³-hybridized carbons (Fsp3) is 0.680. The van der Waals surface area contributed by atoms with Crippen molar-refractivity contribution in [1.29, 1.82) is 0 Å². The van der Waals surface area contributed by atoms with Gasteiger partial charge < -0.3 is 34.6 Å². The highest BCUT2D eigenvalue weighted by Crippen LogP contribution is 2.38. The lowest BCUT2D eigenvalue weighted by atomic mass is 9.93. The van der Waals surface area contributed by atoms with Gasteiger partial charge in [0, 0.05) is 51.7 Å². The third kappa shape index (κ3) is 7.46. The Labute approximate surface area is 207 Å². The number of carbonyl (C=O) groups is 2. The summed E-state index contributed by atoms with van der Waals surface area (Å²) in [5.74, 6) is 0.312. The number of β-amino-alcohol motifs (C(OH)–C–C–N with tert-alkyl or cyclic N) is 1. The lowest BCUT2D eigenvalue weighted by Gasteiger charge is -2.36. The van der Waals surface area contributed by atoms with Gasteiger partial charge in [-0.3, -0.25) is 9.69 Å². The van der Waals surface area contributed by atoms with Gasteiger partial charge in [0.25, 0.3) is 5.91 Å². The number of aliphatic hydroxyl groups excluding tert-OH is 2. The molecule has 0 aromatic heterocycles. The van der Waals surface area contributed by atoms with Gasteiger partial charge in [-0.25, -0.2) is 4.79 Å². The first-order valence-corrected chi connectivity index (χ1v) is 12.3. The second-order valence-electron chi connectivity index (χ2n) is 10.1. The maximum Gasteiger partial charge on any atom is 0.414 e. The summed E-state index contributed by atoms with van der Waals surface area (Å²) < 4.78 is 17.1. The lowest BCUT2D eigenvalue weighted by Crippen LogP contribution is -2.48. The predicted octanol–water partition coefficient (Wildman–Crippen LogP) is 2.01. The number of amides is 2. The van der Waals surface area contributed by atoms with Crippen LogP contribution >= 0.6 is 0 Å². The number of ether oxygens (including phenoxy) is 3. The molecule has 0 radical (unpaired) electrons. The quantitative estimate of drug-likeness (QED) is 0.528. The first-order chi connectivity index (χ1) is 16.6. The van der Waals surface area contributed by atoms with Crippen LogP contribution in [-0.4, -0.2) is 91.9 Å². The molecule has 1 unspecified atom stereocenters.